The van der Waals surface area contributed by atoms with Crippen molar-refractivity contribution in [3.05, 3.63) is 36.1 Å². The van der Waals surface area contributed by atoms with E-state index >= 15 is 0 Å². The summed E-state index contributed by atoms with van der Waals surface area (Å²) in [7, 11) is 0. The number of carboxylic acid groups (broad SMARTS) is 1. The average molecular weight is 259 g/mol. The number of hydrogen-bond acceptors (Lipinski definition) is 3. The summed E-state index contributed by atoms with van der Waals surface area (Å²) in [5, 5.41) is 12.6. The van der Waals surface area contributed by atoms with Crippen molar-refractivity contribution in [3.63, 3.8) is 0 Å². The molecule has 3 rings (SSSR count). The van der Waals surface area contributed by atoms with E-state index in [1.165, 1.54) is 0 Å². The molecule has 1 aromatic heterocycles. The van der Waals surface area contributed by atoms with Crippen LogP contribution in [0.15, 0.2) is 34.7 Å². The molecule has 1 saturated carbocycles. The number of carbonyl (C=O) groups excluding carboxylic acids is 1. The standard InChI is InChI=1S/C14H13NO4/c16-12(15-14(13(17)18)6-3-7-14)11-8-9-4-1-2-5-10(9)19-11/h1-2,4-5,8H,3,6-7H2,(H,15,16)(H,17,18). The van der Waals surface area contributed by atoms with Crippen LogP contribution in [0.4, 0.5) is 0 Å². The van der Waals surface area contributed by atoms with Crippen molar-refractivity contribution in [3.8, 4) is 0 Å². The van der Waals surface area contributed by atoms with Gasteiger partial charge in [-0.05, 0) is 31.4 Å². The minimum atomic E-state index is -1.12. The minimum absolute atomic E-state index is 0.147. The summed E-state index contributed by atoms with van der Waals surface area (Å²) in [4.78, 5) is 23.3. The average Bonchev–Trinajstić information content (AvgIpc) is 2.76. The quantitative estimate of drug-likeness (QED) is 0.885. The molecule has 0 atom stereocenters. The van der Waals surface area contributed by atoms with Gasteiger partial charge >= 0.3 is 5.97 Å². The van der Waals surface area contributed by atoms with Crippen LogP contribution < -0.4 is 5.32 Å². The minimum Gasteiger partial charge on any atom is -0.480 e. The van der Waals surface area contributed by atoms with Crippen molar-refractivity contribution in [1.82, 2.24) is 5.32 Å². The molecule has 1 amide bonds. The van der Waals surface area contributed by atoms with Crippen molar-refractivity contribution < 1.29 is 19.1 Å². The molecule has 0 saturated heterocycles. The van der Waals surface area contributed by atoms with E-state index in [1.54, 1.807) is 12.1 Å². The number of carbonyl (C=O) groups is 2. The molecule has 1 aliphatic rings. The van der Waals surface area contributed by atoms with Gasteiger partial charge in [-0.2, -0.15) is 0 Å². The predicted molar refractivity (Wildman–Crippen MR) is 67.9 cm³/mol. The third-order valence-corrected chi connectivity index (χ3v) is 3.62. The van der Waals surface area contributed by atoms with Gasteiger partial charge in [0.25, 0.3) is 5.91 Å². The Morgan fingerprint density at radius 2 is 2.00 bits per heavy atom. The van der Waals surface area contributed by atoms with Gasteiger partial charge in [0.05, 0.1) is 0 Å². The molecule has 2 aromatic rings. The third-order valence-electron chi connectivity index (χ3n) is 3.62. The van der Waals surface area contributed by atoms with Gasteiger partial charge in [0.1, 0.15) is 11.1 Å². The Bertz CT molecular complexity index is 621. The van der Waals surface area contributed by atoms with Crippen LogP contribution in [0, 0.1) is 0 Å². The first-order valence-corrected chi connectivity index (χ1v) is 6.15. The number of benzene rings is 1. The van der Waals surface area contributed by atoms with E-state index in [-0.39, 0.29) is 5.76 Å². The zero-order valence-corrected chi connectivity index (χ0v) is 10.2. The predicted octanol–water partition coefficient (Wildman–Crippen LogP) is 2.17. The molecule has 0 spiro atoms. The molecule has 0 radical (unpaired) electrons. The molecular formula is C14H13NO4. The molecule has 0 bridgehead atoms. The summed E-state index contributed by atoms with van der Waals surface area (Å²) in [6.45, 7) is 0. The molecule has 19 heavy (non-hydrogen) atoms. The lowest BCUT2D eigenvalue weighted by molar-refractivity contribution is -0.148. The highest BCUT2D eigenvalue weighted by atomic mass is 16.4. The molecule has 1 heterocycles. The summed E-state index contributed by atoms with van der Waals surface area (Å²) in [6.07, 6.45) is 1.75. The highest BCUT2D eigenvalue weighted by molar-refractivity contribution is 5.99. The Morgan fingerprint density at radius 3 is 2.58 bits per heavy atom. The maximum Gasteiger partial charge on any atom is 0.329 e. The number of para-hydroxylation sites is 1. The summed E-state index contributed by atoms with van der Waals surface area (Å²) in [5.41, 5.74) is -0.499. The maximum atomic E-state index is 12.1. The number of nitrogens with one attached hydrogen (secondary N) is 1. The Morgan fingerprint density at radius 1 is 1.26 bits per heavy atom. The second-order valence-electron chi connectivity index (χ2n) is 4.84. The van der Waals surface area contributed by atoms with Gasteiger partial charge in [0.15, 0.2) is 5.76 Å². The topological polar surface area (TPSA) is 79.5 Å². The highest BCUT2D eigenvalue weighted by Crippen LogP contribution is 2.32. The fraction of sp³-hybridized carbons (Fsp3) is 0.286. The van der Waals surface area contributed by atoms with Gasteiger partial charge in [0, 0.05) is 5.39 Å². The van der Waals surface area contributed by atoms with Crippen LogP contribution in [-0.4, -0.2) is 22.5 Å². The summed E-state index contributed by atoms with van der Waals surface area (Å²) < 4.78 is 5.42. The monoisotopic (exact) mass is 259 g/mol. The molecule has 0 aliphatic heterocycles. The normalized spacial score (nSPS) is 16.8. The maximum absolute atomic E-state index is 12.1. The largest absolute Gasteiger partial charge is 0.480 e. The fourth-order valence-corrected chi connectivity index (χ4v) is 2.30. The zero-order valence-electron chi connectivity index (χ0n) is 10.2. The van der Waals surface area contributed by atoms with Crippen molar-refractivity contribution >= 4 is 22.8 Å². The number of furan rings is 1. The molecule has 0 unspecified atom stereocenters. The van der Waals surface area contributed by atoms with Crippen molar-refractivity contribution in [2.75, 3.05) is 0 Å². The summed E-state index contributed by atoms with van der Waals surface area (Å²) in [6, 6.07) is 8.90. The van der Waals surface area contributed by atoms with Crippen LogP contribution in [0.5, 0.6) is 0 Å². The smallest absolute Gasteiger partial charge is 0.329 e. The number of amides is 1. The van der Waals surface area contributed by atoms with Gasteiger partial charge in [-0.1, -0.05) is 18.2 Å². The first-order valence-electron chi connectivity index (χ1n) is 6.15. The van der Waals surface area contributed by atoms with E-state index in [4.69, 9.17) is 4.42 Å². The van der Waals surface area contributed by atoms with E-state index in [2.05, 4.69) is 5.32 Å². The van der Waals surface area contributed by atoms with E-state index in [0.717, 1.165) is 11.8 Å². The molecular weight excluding hydrogens is 246 g/mol. The van der Waals surface area contributed by atoms with Crippen molar-refractivity contribution in [2.24, 2.45) is 0 Å². The Hall–Kier alpha value is -2.30. The number of hydrogen-bond donors (Lipinski definition) is 2. The highest BCUT2D eigenvalue weighted by Gasteiger charge is 2.46. The molecule has 1 aromatic carbocycles. The molecule has 5 nitrogen and oxygen atoms in total. The van der Waals surface area contributed by atoms with Gasteiger partial charge < -0.3 is 14.8 Å². The van der Waals surface area contributed by atoms with Gasteiger partial charge in [-0.3, -0.25) is 4.79 Å². The second kappa shape index (κ2) is 4.12. The lowest BCUT2D eigenvalue weighted by Gasteiger charge is -2.37. The lowest BCUT2D eigenvalue weighted by atomic mass is 9.76. The van der Waals surface area contributed by atoms with E-state index in [1.807, 2.05) is 18.2 Å². The summed E-state index contributed by atoms with van der Waals surface area (Å²) >= 11 is 0. The Balaban J connectivity index is 1.86. The van der Waals surface area contributed by atoms with Crippen molar-refractivity contribution in [2.45, 2.75) is 24.8 Å². The second-order valence-corrected chi connectivity index (χ2v) is 4.84. The van der Waals surface area contributed by atoms with Gasteiger partial charge in [-0.25, -0.2) is 4.79 Å². The first kappa shape index (κ1) is 11.8. The Labute approximate surface area is 109 Å². The molecule has 98 valence electrons. The summed E-state index contributed by atoms with van der Waals surface area (Å²) in [5.74, 6) is -1.31. The van der Waals surface area contributed by atoms with E-state index in [9.17, 15) is 14.7 Å². The first-order chi connectivity index (χ1) is 9.11. The molecule has 1 aliphatic carbocycles. The third kappa shape index (κ3) is 1.87. The molecule has 2 N–H and O–H groups in total. The van der Waals surface area contributed by atoms with E-state index < -0.39 is 17.4 Å². The molecule has 1 fully saturated rings. The number of aliphatic carboxylic acids is 1. The number of fused-ring (bicyclic) bond motifs is 1. The molecule has 5 heteroatoms. The van der Waals surface area contributed by atoms with Crippen LogP contribution in [0.3, 0.4) is 0 Å². The van der Waals surface area contributed by atoms with Crippen LogP contribution in [0.25, 0.3) is 11.0 Å². The SMILES string of the molecule is O=C(NC1(C(=O)O)CCC1)c1cc2ccccc2o1. The van der Waals surface area contributed by atoms with Crippen molar-refractivity contribution in [1.29, 1.82) is 0 Å². The van der Waals surface area contributed by atoms with Gasteiger partial charge in [-0.15, -0.1) is 0 Å². The van der Waals surface area contributed by atoms with Crippen LogP contribution >= 0.6 is 0 Å². The number of rotatable bonds is 3. The Kier molecular flexibility index (Phi) is 2.55. The van der Waals surface area contributed by atoms with Crippen LogP contribution in [0.1, 0.15) is 29.8 Å². The van der Waals surface area contributed by atoms with Gasteiger partial charge in [0.2, 0.25) is 0 Å². The fourth-order valence-electron chi connectivity index (χ4n) is 2.30. The van der Waals surface area contributed by atoms with E-state index in [0.29, 0.717) is 18.4 Å². The van der Waals surface area contributed by atoms with Crippen LogP contribution in [0.2, 0.25) is 0 Å². The lowest BCUT2D eigenvalue weighted by Crippen LogP contribution is -2.59. The zero-order chi connectivity index (χ0) is 13.5. The van der Waals surface area contributed by atoms with Crippen LogP contribution in [-0.2, 0) is 4.79 Å². The number of carboxylic acids is 1.